The summed E-state index contributed by atoms with van der Waals surface area (Å²) in [6.07, 6.45) is 10.5. The van der Waals surface area contributed by atoms with E-state index < -0.39 is 5.97 Å². The van der Waals surface area contributed by atoms with Crippen LogP contribution in [0.2, 0.25) is 0 Å². The first-order valence-electron chi connectivity index (χ1n) is 15.3. The minimum atomic E-state index is -0.786. The average Bonchev–Trinajstić information content (AvgIpc) is 3.03. The number of aryl methyl sites for hydroxylation is 2. The second-order valence-corrected chi connectivity index (χ2v) is 11.5. The molecule has 0 saturated carbocycles. The summed E-state index contributed by atoms with van der Waals surface area (Å²) in [5.74, 6) is -0.767. The maximum Gasteiger partial charge on any atom is 0.303 e. The fraction of sp³-hybridized carbons (Fsp3) is 0.400. The summed E-state index contributed by atoms with van der Waals surface area (Å²) in [4.78, 5) is 36.8. The zero-order valence-electron chi connectivity index (χ0n) is 25.2. The van der Waals surface area contributed by atoms with Crippen molar-refractivity contribution in [3.8, 4) is 0 Å². The molecule has 43 heavy (non-hydrogen) atoms. The standard InChI is InChI=1S/C35H41N5O3/c1-4-25-13-15-26(16-14-25)34-30(10-6-8-12-33(41)42)37-31-23-27(17-18-29(31)38-34)35(43)39-21-19-28(20-22-39)40(36-3)32-11-7-5-9-24(32)2/h5,7,9,11,13-18,23,28-29,31H,3-4,6,8,10,12,19-22H2,1-2H3,(H,41,42). The van der Waals surface area contributed by atoms with Crippen LogP contribution in [0.1, 0.15) is 62.1 Å². The highest BCUT2D eigenvalue weighted by molar-refractivity contribution is 6.48. The summed E-state index contributed by atoms with van der Waals surface area (Å²) in [5.41, 5.74) is 6.88. The Labute approximate surface area is 254 Å². The molecule has 0 bridgehead atoms. The molecule has 3 aliphatic rings. The highest BCUT2D eigenvalue weighted by Gasteiger charge is 2.32. The van der Waals surface area contributed by atoms with Gasteiger partial charge in [-0.1, -0.05) is 61.5 Å². The molecule has 2 aromatic carbocycles. The van der Waals surface area contributed by atoms with E-state index in [2.05, 4.69) is 62.1 Å². The van der Waals surface area contributed by atoms with Gasteiger partial charge in [0.25, 0.3) is 5.91 Å². The van der Waals surface area contributed by atoms with Crippen molar-refractivity contribution in [1.82, 2.24) is 4.90 Å². The van der Waals surface area contributed by atoms with Gasteiger partial charge in [-0.05, 0) is 68.7 Å². The molecule has 2 unspecified atom stereocenters. The summed E-state index contributed by atoms with van der Waals surface area (Å²) in [6.45, 7) is 9.32. The number of benzene rings is 2. The molecule has 2 heterocycles. The fourth-order valence-electron chi connectivity index (χ4n) is 6.09. The SMILES string of the molecule is C=NN(c1ccccc1C)C1CCN(C(=O)C2=CC3N=C(CCCCC(=O)O)C(c4ccc(CC)cc4)=NC3C=C2)CC1. The smallest absolute Gasteiger partial charge is 0.303 e. The third kappa shape index (κ3) is 7.01. The van der Waals surface area contributed by atoms with Crippen molar-refractivity contribution >= 4 is 35.7 Å². The van der Waals surface area contributed by atoms with Gasteiger partial charge in [-0.15, -0.1) is 0 Å². The van der Waals surface area contributed by atoms with E-state index >= 15 is 0 Å². The molecule has 2 aromatic rings. The lowest BCUT2D eigenvalue weighted by atomic mass is 9.92. The first kappa shape index (κ1) is 30.1. The molecule has 8 nitrogen and oxygen atoms in total. The van der Waals surface area contributed by atoms with Crippen molar-refractivity contribution in [1.29, 1.82) is 0 Å². The number of likely N-dealkylation sites (tertiary alicyclic amines) is 1. The van der Waals surface area contributed by atoms with Crippen LogP contribution < -0.4 is 5.01 Å². The van der Waals surface area contributed by atoms with Crippen molar-refractivity contribution in [3.63, 3.8) is 0 Å². The second-order valence-electron chi connectivity index (χ2n) is 11.5. The van der Waals surface area contributed by atoms with Crippen LogP contribution in [0.5, 0.6) is 0 Å². The molecule has 224 valence electrons. The summed E-state index contributed by atoms with van der Waals surface area (Å²) in [5, 5.41) is 15.4. The average molecular weight is 580 g/mol. The van der Waals surface area contributed by atoms with Gasteiger partial charge in [0.2, 0.25) is 0 Å². The van der Waals surface area contributed by atoms with Crippen molar-refractivity contribution in [2.24, 2.45) is 15.1 Å². The molecule has 1 fully saturated rings. The van der Waals surface area contributed by atoms with Crippen LogP contribution in [0.3, 0.4) is 0 Å². The number of amides is 1. The topological polar surface area (TPSA) is 97.9 Å². The number of nitrogens with zero attached hydrogens (tertiary/aromatic N) is 5. The first-order valence-corrected chi connectivity index (χ1v) is 15.3. The second kappa shape index (κ2) is 13.8. The van der Waals surface area contributed by atoms with Crippen molar-refractivity contribution in [2.45, 2.75) is 76.9 Å². The molecule has 1 saturated heterocycles. The molecular weight excluding hydrogens is 538 g/mol. The van der Waals surface area contributed by atoms with E-state index in [0.717, 1.165) is 47.5 Å². The Bertz CT molecular complexity index is 1460. The summed E-state index contributed by atoms with van der Waals surface area (Å²) < 4.78 is 0. The van der Waals surface area contributed by atoms with Crippen molar-refractivity contribution in [2.75, 3.05) is 18.1 Å². The van der Waals surface area contributed by atoms with Crippen LogP contribution in [-0.2, 0) is 16.0 Å². The number of rotatable bonds is 11. The van der Waals surface area contributed by atoms with Crippen LogP contribution in [0.15, 0.2) is 87.4 Å². The molecule has 1 amide bonds. The highest BCUT2D eigenvalue weighted by atomic mass is 16.4. The monoisotopic (exact) mass is 579 g/mol. The van der Waals surface area contributed by atoms with Gasteiger partial charge in [0.05, 0.1) is 35.2 Å². The van der Waals surface area contributed by atoms with E-state index in [0.29, 0.717) is 37.9 Å². The largest absolute Gasteiger partial charge is 0.481 e. The number of anilines is 1. The number of carboxylic acids is 1. The number of carboxylic acid groups (broad SMARTS) is 1. The van der Waals surface area contributed by atoms with E-state index in [9.17, 15) is 9.59 Å². The van der Waals surface area contributed by atoms with E-state index in [1.54, 1.807) is 0 Å². The minimum Gasteiger partial charge on any atom is -0.481 e. The zero-order chi connectivity index (χ0) is 30.3. The number of unbranched alkanes of at least 4 members (excludes halogenated alkanes) is 1. The summed E-state index contributed by atoms with van der Waals surface area (Å²) in [6, 6.07) is 16.4. The fourth-order valence-corrected chi connectivity index (χ4v) is 6.09. The Hall–Kier alpha value is -4.33. The lowest BCUT2D eigenvalue weighted by Gasteiger charge is -2.38. The van der Waals surface area contributed by atoms with Gasteiger partial charge < -0.3 is 10.0 Å². The molecule has 2 aliphatic heterocycles. The van der Waals surface area contributed by atoms with Gasteiger partial charge in [-0.25, -0.2) is 0 Å². The van der Waals surface area contributed by atoms with E-state index in [1.165, 1.54) is 5.56 Å². The molecule has 1 aliphatic carbocycles. The quantitative estimate of drug-likeness (QED) is 0.207. The van der Waals surface area contributed by atoms with E-state index in [1.807, 2.05) is 40.3 Å². The van der Waals surface area contributed by atoms with Crippen molar-refractivity contribution in [3.05, 3.63) is 89.0 Å². The van der Waals surface area contributed by atoms with Crippen LogP contribution >= 0.6 is 0 Å². The molecular formula is C35H41N5O3. The predicted molar refractivity (Wildman–Crippen MR) is 174 cm³/mol. The molecule has 1 N–H and O–H groups in total. The third-order valence-corrected chi connectivity index (χ3v) is 8.58. The third-order valence-electron chi connectivity index (χ3n) is 8.58. The molecule has 5 rings (SSSR count). The maximum atomic E-state index is 13.6. The summed E-state index contributed by atoms with van der Waals surface area (Å²) in [7, 11) is 0. The number of piperidine rings is 1. The van der Waals surface area contributed by atoms with Crippen LogP contribution in [0, 0.1) is 6.92 Å². The Morgan fingerprint density at radius 1 is 1.05 bits per heavy atom. The van der Waals surface area contributed by atoms with Gasteiger partial charge in [-0.2, -0.15) is 5.10 Å². The summed E-state index contributed by atoms with van der Waals surface area (Å²) >= 11 is 0. The van der Waals surface area contributed by atoms with Crippen molar-refractivity contribution < 1.29 is 14.7 Å². The van der Waals surface area contributed by atoms with Crippen LogP contribution in [0.25, 0.3) is 0 Å². The lowest BCUT2D eigenvalue weighted by molar-refractivity contribution is -0.137. The van der Waals surface area contributed by atoms with E-state index in [-0.39, 0.29) is 30.5 Å². The number of fused-ring (bicyclic) bond motifs is 1. The molecule has 0 spiro atoms. The molecule has 0 radical (unpaired) electrons. The number of aliphatic imine (C=N–C) groups is 2. The Morgan fingerprint density at radius 3 is 2.47 bits per heavy atom. The zero-order valence-corrected chi connectivity index (χ0v) is 25.2. The highest BCUT2D eigenvalue weighted by Crippen LogP contribution is 2.29. The molecule has 2 atom stereocenters. The Morgan fingerprint density at radius 2 is 1.79 bits per heavy atom. The lowest BCUT2D eigenvalue weighted by Crippen LogP contribution is -2.46. The number of hydrogen-bond donors (Lipinski definition) is 1. The van der Waals surface area contributed by atoms with Gasteiger partial charge in [0, 0.05) is 37.4 Å². The minimum absolute atomic E-state index is 0.0188. The number of para-hydroxylation sites is 1. The van der Waals surface area contributed by atoms with Gasteiger partial charge in [0.15, 0.2) is 0 Å². The molecule has 8 heteroatoms. The van der Waals surface area contributed by atoms with E-state index in [4.69, 9.17) is 15.1 Å². The van der Waals surface area contributed by atoms with Gasteiger partial charge in [-0.3, -0.25) is 24.6 Å². The predicted octanol–water partition coefficient (Wildman–Crippen LogP) is 5.79. The first-order chi connectivity index (χ1) is 20.9. The Balaban J connectivity index is 1.28. The Kier molecular flexibility index (Phi) is 9.65. The maximum absolute atomic E-state index is 13.6. The number of carbonyl (C=O) groups is 2. The number of aliphatic carboxylic acids is 1. The van der Waals surface area contributed by atoms with Gasteiger partial charge >= 0.3 is 5.97 Å². The normalized spacial score (nSPS) is 20.0. The number of hydrazone groups is 1. The van der Waals surface area contributed by atoms with Crippen LogP contribution in [0.4, 0.5) is 5.69 Å². The van der Waals surface area contributed by atoms with Crippen LogP contribution in [-0.4, -0.2) is 71.2 Å². The van der Waals surface area contributed by atoms with Gasteiger partial charge in [0.1, 0.15) is 0 Å². The number of hydrogen-bond acceptors (Lipinski definition) is 6. The molecule has 0 aromatic heterocycles. The number of carbonyl (C=O) groups excluding carboxylic acids is 1.